The molecule has 2 rings (SSSR count). The lowest BCUT2D eigenvalue weighted by molar-refractivity contribution is -0.384. The maximum absolute atomic E-state index is 11.1. The molecule has 1 saturated heterocycles. The van der Waals surface area contributed by atoms with E-state index in [9.17, 15) is 15.2 Å². The largest absolute Gasteiger partial charge is 0.394 e. The number of aliphatic hydroxyl groups excluding tert-OH is 1. The number of piperidine rings is 1. The molecule has 7 heteroatoms. The zero-order chi connectivity index (χ0) is 14.0. The highest BCUT2D eigenvalue weighted by molar-refractivity contribution is 6.42. The number of halogens is 2. The SMILES string of the molecule is O=[N+]([O-])c1cc(Cl)c(Cl)cc1N1CCCCC1CO. The Hall–Kier alpha value is -1.04. The average molecular weight is 305 g/mol. The minimum absolute atomic E-state index is 0.0304. The lowest BCUT2D eigenvalue weighted by Crippen LogP contribution is -2.42. The van der Waals surface area contributed by atoms with Gasteiger partial charge < -0.3 is 10.0 Å². The highest BCUT2D eigenvalue weighted by Gasteiger charge is 2.28. The van der Waals surface area contributed by atoms with Crippen LogP contribution in [0.3, 0.4) is 0 Å². The normalized spacial score (nSPS) is 19.5. The topological polar surface area (TPSA) is 66.6 Å². The van der Waals surface area contributed by atoms with E-state index in [0.29, 0.717) is 12.2 Å². The van der Waals surface area contributed by atoms with Gasteiger partial charge in [0.2, 0.25) is 0 Å². The minimum Gasteiger partial charge on any atom is -0.394 e. The van der Waals surface area contributed by atoms with E-state index < -0.39 is 4.92 Å². The van der Waals surface area contributed by atoms with Crippen molar-refractivity contribution in [2.75, 3.05) is 18.1 Å². The maximum Gasteiger partial charge on any atom is 0.294 e. The molecule has 1 atom stereocenters. The van der Waals surface area contributed by atoms with Crippen LogP contribution in [0, 0.1) is 10.1 Å². The van der Waals surface area contributed by atoms with E-state index >= 15 is 0 Å². The van der Waals surface area contributed by atoms with Crippen molar-refractivity contribution in [1.82, 2.24) is 0 Å². The second-order valence-corrected chi connectivity index (χ2v) is 5.35. The van der Waals surface area contributed by atoms with Crippen molar-refractivity contribution >= 4 is 34.6 Å². The van der Waals surface area contributed by atoms with Gasteiger partial charge in [-0.05, 0) is 25.3 Å². The fourth-order valence-corrected chi connectivity index (χ4v) is 2.73. The van der Waals surface area contributed by atoms with E-state index in [1.807, 2.05) is 4.90 Å². The van der Waals surface area contributed by atoms with Crippen molar-refractivity contribution < 1.29 is 10.0 Å². The standard InChI is InChI=1S/C12H14Cl2N2O3/c13-9-5-11(12(16(18)19)6-10(9)14)15-4-2-1-3-8(15)7-17/h5-6,8,17H,1-4,7H2. The molecule has 0 spiro atoms. The van der Waals surface area contributed by atoms with Gasteiger partial charge in [-0.3, -0.25) is 10.1 Å². The van der Waals surface area contributed by atoms with E-state index in [1.165, 1.54) is 12.1 Å². The summed E-state index contributed by atoms with van der Waals surface area (Å²) in [5.41, 5.74) is 0.355. The van der Waals surface area contributed by atoms with Crippen LogP contribution in [0.2, 0.25) is 10.0 Å². The van der Waals surface area contributed by atoms with Gasteiger partial charge in [0, 0.05) is 12.6 Å². The number of hydrogen-bond acceptors (Lipinski definition) is 4. The fraction of sp³-hybridized carbons (Fsp3) is 0.500. The molecule has 0 aromatic heterocycles. The number of anilines is 1. The fourth-order valence-electron chi connectivity index (χ4n) is 2.41. The van der Waals surface area contributed by atoms with Crippen LogP contribution in [0.4, 0.5) is 11.4 Å². The Bertz CT molecular complexity index is 496. The van der Waals surface area contributed by atoms with Gasteiger partial charge in [-0.25, -0.2) is 0 Å². The smallest absolute Gasteiger partial charge is 0.294 e. The van der Waals surface area contributed by atoms with Crippen LogP contribution in [0.5, 0.6) is 0 Å². The van der Waals surface area contributed by atoms with Gasteiger partial charge >= 0.3 is 0 Å². The van der Waals surface area contributed by atoms with Gasteiger partial charge in [0.25, 0.3) is 5.69 Å². The first kappa shape index (κ1) is 14.4. The van der Waals surface area contributed by atoms with Crippen LogP contribution >= 0.6 is 23.2 Å². The van der Waals surface area contributed by atoms with Crippen molar-refractivity contribution in [2.45, 2.75) is 25.3 Å². The molecule has 0 aliphatic carbocycles. The number of nitro benzene ring substituents is 1. The summed E-state index contributed by atoms with van der Waals surface area (Å²) in [6.45, 7) is 0.640. The van der Waals surface area contributed by atoms with Crippen LogP contribution < -0.4 is 4.90 Å². The molecule has 0 bridgehead atoms. The van der Waals surface area contributed by atoms with Gasteiger partial charge in [-0.1, -0.05) is 23.2 Å². The van der Waals surface area contributed by atoms with Crippen LogP contribution in [0.15, 0.2) is 12.1 Å². The summed E-state index contributed by atoms with van der Waals surface area (Å²) < 4.78 is 0. The molecule has 1 aliphatic heterocycles. The molecule has 0 saturated carbocycles. The van der Waals surface area contributed by atoms with Gasteiger partial charge in [0.1, 0.15) is 5.69 Å². The van der Waals surface area contributed by atoms with Gasteiger partial charge in [0.15, 0.2) is 0 Å². The number of benzene rings is 1. The Morgan fingerprint density at radius 1 is 1.37 bits per heavy atom. The summed E-state index contributed by atoms with van der Waals surface area (Å²) in [4.78, 5) is 12.5. The molecule has 1 aromatic carbocycles. The Balaban J connectivity index is 2.47. The van der Waals surface area contributed by atoms with Crippen LogP contribution in [0.25, 0.3) is 0 Å². The first-order chi connectivity index (χ1) is 9.04. The maximum atomic E-state index is 11.1. The van der Waals surface area contributed by atoms with E-state index in [0.717, 1.165) is 19.3 Å². The molecular formula is C12H14Cl2N2O3. The zero-order valence-electron chi connectivity index (χ0n) is 10.2. The third kappa shape index (κ3) is 2.94. The Morgan fingerprint density at radius 2 is 2.05 bits per heavy atom. The first-order valence-corrected chi connectivity index (χ1v) is 6.81. The highest BCUT2D eigenvalue weighted by Crippen LogP contribution is 2.38. The summed E-state index contributed by atoms with van der Waals surface area (Å²) in [6, 6.07) is 2.67. The monoisotopic (exact) mass is 304 g/mol. The quantitative estimate of drug-likeness (QED) is 0.687. The summed E-state index contributed by atoms with van der Waals surface area (Å²) in [5, 5.41) is 21.0. The van der Waals surface area contributed by atoms with E-state index in [-0.39, 0.29) is 28.4 Å². The summed E-state index contributed by atoms with van der Waals surface area (Å²) in [7, 11) is 0. The summed E-state index contributed by atoms with van der Waals surface area (Å²) in [5.74, 6) is 0. The average Bonchev–Trinajstić information content (AvgIpc) is 2.41. The molecule has 1 heterocycles. The number of nitro groups is 1. The van der Waals surface area contributed by atoms with Gasteiger partial charge in [-0.15, -0.1) is 0 Å². The van der Waals surface area contributed by atoms with Crippen molar-refractivity contribution in [2.24, 2.45) is 0 Å². The molecule has 104 valence electrons. The molecule has 1 fully saturated rings. The van der Waals surface area contributed by atoms with Crippen LogP contribution in [0.1, 0.15) is 19.3 Å². The van der Waals surface area contributed by atoms with Crippen LogP contribution in [-0.4, -0.2) is 29.2 Å². The molecule has 1 unspecified atom stereocenters. The summed E-state index contributed by atoms with van der Waals surface area (Å²) in [6.07, 6.45) is 2.76. The van der Waals surface area contributed by atoms with Crippen molar-refractivity contribution in [3.8, 4) is 0 Å². The lowest BCUT2D eigenvalue weighted by Gasteiger charge is -2.36. The third-order valence-electron chi connectivity index (χ3n) is 3.36. The number of nitrogens with zero attached hydrogens (tertiary/aromatic N) is 2. The molecule has 1 N–H and O–H groups in total. The van der Waals surface area contributed by atoms with Gasteiger partial charge in [-0.2, -0.15) is 0 Å². The van der Waals surface area contributed by atoms with Crippen molar-refractivity contribution in [3.05, 3.63) is 32.3 Å². The lowest BCUT2D eigenvalue weighted by atomic mass is 10.0. The molecule has 19 heavy (non-hydrogen) atoms. The second kappa shape index (κ2) is 5.94. The van der Waals surface area contributed by atoms with Crippen molar-refractivity contribution in [1.29, 1.82) is 0 Å². The van der Waals surface area contributed by atoms with Crippen molar-refractivity contribution in [3.63, 3.8) is 0 Å². The van der Waals surface area contributed by atoms with E-state index in [4.69, 9.17) is 23.2 Å². The predicted octanol–water partition coefficient (Wildman–Crippen LogP) is 3.25. The second-order valence-electron chi connectivity index (χ2n) is 4.54. The number of aliphatic hydroxyl groups is 1. The van der Waals surface area contributed by atoms with E-state index in [2.05, 4.69) is 0 Å². The highest BCUT2D eigenvalue weighted by atomic mass is 35.5. The molecule has 0 radical (unpaired) electrons. The van der Waals surface area contributed by atoms with Crippen LogP contribution in [-0.2, 0) is 0 Å². The first-order valence-electron chi connectivity index (χ1n) is 6.05. The summed E-state index contributed by atoms with van der Waals surface area (Å²) >= 11 is 11.8. The Kier molecular flexibility index (Phi) is 4.50. The molecule has 1 aromatic rings. The Labute approximate surface area is 120 Å². The minimum atomic E-state index is -0.472. The number of rotatable bonds is 3. The third-order valence-corrected chi connectivity index (χ3v) is 4.08. The molecule has 0 amide bonds. The predicted molar refractivity (Wildman–Crippen MR) is 75.2 cm³/mol. The molecule has 1 aliphatic rings. The van der Waals surface area contributed by atoms with E-state index in [1.54, 1.807) is 0 Å². The Morgan fingerprint density at radius 3 is 2.68 bits per heavy atom. The molecular weight excluding hydrogens is 291 g/mol. The van der Waals surface area contributed by atoms with Gasteiger partial charge in [0.05, 0.1) is 27.6 Å². The molecule has 5 nitrogen and oxygen atoms in total. The zero-order valence-corrected chi connectivity index (χ0v) is 11.7. The number of hydrogen-bond donors (Lipinski definition) is 1.